The zero-order valence-corrected chi connectivity index (χ0v) is 12.4. The number of nitrogens with zero attached hydrogens (tertiary/aromatic N) is 1. The summed E-state index contributed by atoms with van der Waals surface area (Å²) in [6, 6.07) is 6.09. The molecule has 1 aromatic carbocycles. The molecule has 0 unspecified atom stereocenters. The summed E-state index contributed by atoms with van der Waals surface area (Å²) in [4.78, 5) is 27.8. The molecule has 0 radical (unpaired) electrons. The van der Waals surface area contributed by atoms with Gasteiger partial charge in [-0.15, -0.1) is 0 Å². The molecular weight excluding hydrogens is 284 g/mol. The Morgan fingerprint density at radius 1 is 1.50 bits per heavy atom. The van der Waals surface area contributed by atoms with Gasteiger partial charge in [-0.25, -0.2) is 4.98 Å². The Labute approximate surface area is 128 Å². The first-order chi connectivity index (χ1) is 10.6. The fourth-order valence-electron chi connectivity index (χ4n) is 2.27. The van der Waals surface area contributed by atoms with Crippen LogP contribution in [-0.4, -0.2) is 40.5 Å². The topological polar surface area (TPSA) is 107 Å². The van der Waals surface area contributed by atoms with Crippen molar-refractivity contribution in [3.05, 3.63) is 29.6 Å². The highest BCUT2D eigenvalue weighted by Crippen LogP contribution is 2.13. The molecule has 7 nitrogen and oxygen atoms in total. The summed E-state index contributed by atoms with van der Waals surface area (Å²) in [5, 5.41) is 13.0. The Bertz CT molecular complexity index is 649. The van der Waals surface area contributed by atoms with Gasteiger partial charge in [0.15, 0.2) is 0 Å². The van der Waals surface area contributed by atoms with Gasteiger partial charge in [-0.3, -0.25) is 9.59 Å². The number of H-pyrrole nitrogens is 1. The van der Waals surface area contributed by atoms with Crippen LogP contribution in [0.2, 0.25) is 0 Å². The number of hydrogen-bond donors (Lipinski definition) is 4. The highest BCUT2D eigenvalue weighted by Gasteiger charge is 2.19. The Morgan fingerprint density at radius 3 is 2.86 bits per heavy atom. The molecule has 1 fully saturated rings. The second-order valence-corrected chi connectivity index (χ2v) is 5.31. The number of aryl methyl sites for hydroxylation is 1. The molecule has 118 valence electrons. The van der Waals surface area contributed by atoms with E-state index in [1.165, 1.54) is 5.56 Å². The van der Waals surface area contributed by atoms with Crippen LogP contribution in [0.1, 0.15) is 17.8 Å². The molecule has 7 heteroatoms. The van der Waals surface area contributed by atoms with Gasteiger partial charge in [-0.05, 0) is 43.6 Å². The van der Waals surface area contributed by atoms with Crippen molar-refractivity contribution in [1.82, 2.24) is 20.6 Å². The lowest BCUT2D eigenvalue weighted by Crippen LogP contribution is -2.44. The maximum Gasteiger partial charge on any atom is 0.290 e. The van der Waals surface area contributed by atoms with Crippen LogP contribution < -0.4 is 10.6 Å². The van der Waals surface area contributed by atoms with E-state index in [4.69, 9.17) is 9.90 Å². The van der Waals surface area contributed by atoms with E-state index in [0.29, 0.717) is 18.9 Å². The number of aromatic amines is 1. The van der Waals surface area contributed by atoms with E-state index < -0.39 is 0 Å². The van der Waals surface area contributed by atoms with E-state index in [9.17, 15) is 4.79 Å². The summed E-state index contributed by atoms with van der Waals surface area (Å²) in [7, 11) is 0. The Morgan fingerprint density at radius 2 is 2.23 bits per heavy atom. The smallest absolute Gasteiger partial charge is 0.290 e. The molecule has 1 aliphatic heterocycles. The number of imidazole rings is 1. The van der Waals surface area contributed by atoms with Crippen molar-refractivity contribution in [1.29, 1.82) is 0 Å². The highest BCUT2D eigenvalue weighted by atomic mass is 16.3. The molecule has 4 N–H and O–H groups in total. The fourth-order valence-corrected chi connectivity index (χ4v) is 2.27. The van der Waals surface area contributed by atoms with Crippen LogP contribution in [0.25, 0.3) is 11.0 Å². The SMILES string of the molecule is Cc1ccc2nc(CNC(=O)CC3CNC3)[nH]c2c1.O=CO. The number of aromatic nitrogens is 2. The van der Waals surface area contributed by atoms with Gasteiger partial charge in [-0.2, -0.15) is 0 Å². The lowest BCUT2D eigenvalue weighted by molar-refractivity contribution is -0.123. The number of nitrogens with one attached hydrogen (secondary N) is 3. The number of rotatable bonds is 4. The fraction of sp³-hybridized carbons (Fsp3) is 0.400. The van der Waals surface area contributed by atoms with E-state index in [2.05, 4.69) is 26.7 Å². The zero-order chi connectivity index (χ0) is 15.9. The van der Waals surface area contributed by atoms with E-state index in [-0.39, 0.29) is 12.4 Å². The van der Waals surface area contributed by atoms with Gasteiger partial charge in [-0.1, -0.05) is 6.07 Å². The predicted molar refractivity (Wildman–Crippen MR) is 82.3 cm³/mol. The third kappa shape index (κ3) is 4.29. The second-order valence-electron chi connectivity index (χ2n) is 5.31. The largest absolute Gasteiger partial charge is 0.483 e. The van der Waals surface area contributed by atoms with Gasteiger partial charge in [0.1, 0.15) is 5.82 Å². The first-order valence-electron chi connectivity index (χ1n) is 7.13. The average molecular weight is 304 g/mol. The highest BCUT2D eigenvalue weighted by molar-refractivity contribution is 5.77. The predicted octanol–water partition coefficient (Wildman–Crippen LogP) is 0.798. The van der Waals surface area contributed by atoms with Crippen LogP contribution in [0, 0.1) is 12.8 Å². The van der Waals surface area contributed by atoms with Crippen LogP contribution in [0.4, 0.5) is 0 Å². The number of amides is 1. The van der Waals surface area contributed by atoms with Crippen molar-refractivity contribution >= 4 is 23.4 Å². The van der Waals surface area contributed by atoms with Crippen molar-refractivity contribution in [2.24, 2.45) is 5.92 Å². The molecule has 0 aliphatic carbocycles. The summed E-state index contributed by atoms with van der Waals surface area (Å²) < 4.78 is 0. The molecule has 1 aromatic heterocycles. The third-order valence-corrected chi connectivity index (χ3v) is 3.48. The first kappa shape index (κ1) is 16.0. The van der Waals surface area contributed by atoms with Gasteiger partial charge in [0, 0.05) is 6.42 Å². The monoisotopic (exact) mass is 304 g/mol. The van der Waals surface area contributed by atoms with E-state index >= 15 is 0 Å². The molecule has 0 spiro atoms. The molecule has 0 atom stereocenters. The van der Waals surface area contributed by atoms with Crippen LogP contribution in [-0.2, 0) is 16.1 Å². The molecule has 2 aromatic rings. The van der Waals surface area contributed by atoms with E-state index in [0.717, 1.165) is 29.9 Å². The van der Waals surface area contributed by atoms with Crippen LogP contribution in [0.5, 0.6) is 0 Å². The summed E-state index contributed by atoms with van der Waals surface area (Å²) >= 11 is 0. The van der Waals surface area contributed by atoms with Gasteiger partial charge < -0.3 is 20.7 Å². The number of carbonyl (C=O) groups is 2. The van der Waals surface area contributed by atoms with Crippen molar-refractivity contribution in [2.45, 2.75) is 19.9 Å². The van der Waals surface area contributed by atoms with E-state index in [1.54, 1.807) is 0 Å². The van der Waals surface area contributed by atoms with Gasteiger partial charge >= 0.3 is 0 Å². The summed E-state index contributed by atoms with van der Waals surface area (Å²) in [5.41, 5.74) is 3.16. The number of carbonyl (C=O) groups excluding carboxylic acids is 1. The Balaban J connectivity index is 0.000000545. The molecule has 3 rings (SSSR count). The number of hydrogen-bond acceptors (Lipinski definition) is 4. The van der Waals surface area contributed by atoms with Crippen molar-refractivity contribution in [3.63, 3.8) is 0 Å². The van der Waals surface area contributed by atoms with Crippen LogP contribution >= 0.6 is 0 Å². The molecule has 1 saturated heterocycles. The maximum atomic E-state index is 11.7. The lowest BCUT2D eigenvalue weighted by Gasteiger charge is -2.26. The van der Waals surface area contributed by atoms with Gasteiger partial charge in [0.2, 0.25) is 5.91 Å². The summed E-state index contributed by atoms with van der Waals surface area (Å²) in [6.45, 7) is 4.18. The minimum absolute atomic E-state index is 0.100. The lowest BCUT2D eigenvalue weighted by atomic mass is 9.99. The van der Waals surface area contributed by atoms with Gasteiger partial charge in [0.05, 0.1) is 17.6 Å². The normalized spacial score (nSPS) is 13.9. The third-order valence-electron chi connectivity index (χ3n) is 3.48. The van der Waals surface area contributed by atoms with Crippen molar-refractivity contribution in [3.8, 4) is 0 Å². The molecule has 1 amide bonds. The number of carboxylic acid groups (broad SMARTS) is 1. The van der Waals surface area contributed by atoms with Crippen LogP contribution in [0.3, 0.4) is 0 Å². The quantitative estimate of drug-likeness (QED) is 0.625. The molecule has 0 bridgehead atoms. The first-order valence-corrected chi connectivity index (χ1v) is 7.13. The molecule has 0 saturated carbocycles. The second kappa shape index (κ2) is 7.56. The van der Waals surface area contributed by atoms with Crippen molar-refractivity contribution in [2.75, 3.05) is 13.1 Å². The van der Waals surface area contributed by atoms with Crippen molar-refractivity contribution < 1.29 is 14.7 Å². The number of benzene rings is 1. The summed E-state index contributed by atoms with van der Waals surface area (Å²) in [6.07, 6.45) is 0.604. The minimum atomic E-state index is -0.250. The summed E-state index contributed by atoms with van der Waals surface area (Å²) in [5.74, 6) is 1.40. The minimum Gasteiger partial charge on any atom is -0.483 e. The zero-order valence-electron chi connectivity index (χ0n) is 12.4. The Hall–Kier alpha value is -2.41. The standard InChI is InChI=1S/C14H18N4O.CH2O2/c1-9-2-3-11-12(4-9)18-13(17-11)8-16-14(19)5-10-6-15-7-10;2-1-3/h2-4,10,15H,5-8H2,1H3,(H,16,19)(H,17,18);1H,(H,2,3). The molecular formula is C15H20N4O3. The van der Waals surface area contributed by atoms with Gasteiger partial charge in [0.25, 0.3) is 6.47 Å². The average Bonchev–Trinajstić information content (AvgIpc) is 2.83. The number of fused-ring (bicyclic) bond motifs is 1. The van der Waals surface area contributed by atoms with E-state index in [1.807, 2.05) is 19.1 Å². The molecule has 1 aliphatic rings. The molecule has 22 heavy (non-hydrogen) atoms. The Kier molecular flexibility index (Phi) is 5.48. The van der Waals surface area contributed by atoms with Crippen LogP contribution in [0.15, 0.2) is 18.2 Å². The molecule has 2 heterocycles. The maximum absolute atomic E-state index is 11.7.